The van der Waals surface area contributed by atoms with Crippen LogP contribution in [-0.2, 0) is 14.3 Å². The standard InChI is InChI=1S/C16H26N2O5.ClH/c1-20-8-7-18(16(19)10-13(11-17)21-2)12-5-6-14(22-3)15(9-12)23-4;/h5-6,9,13H,7-8,10-11,17H2,1-4H3;1H. The van der Waals surface area contributed by atoms with E-state index in [0.29, 0.717) is 30.3 Å². The molecule has 7 nitrogen and oxygen atoms in total. The first-order chi connectivity index (χ1) is 11.1. The summed E-state index contributed by atoms with van der Waals surface area (Å²) in [6.07, 6.45) is -0.113. The third-order valence-electron chi connectivity index (χ3n) is 3.50. The van der Waals surface area contributed by atoms with E-state index in [1.165, 1.54) is 0 Å². The lowest BCUT2D eigenvalue weighted by molar-refractivity contribution is -0.121. The Kier molecular flexibility index (Phi) is 11.1. The number of halogens is 1. The molecule has 0 spiro atoms. The van der Waals surface area contributed by atoms with Crippen LogP contribution in [0.5, 0.6) is 11.5 Å². The monoisotopic (exact) mass is 362 g/mol. The van der Waals surface area contributed by atoms with Crippen LogP contribution in [0.2, 0.25) is 0 Å². The molecule has 0 radical (unpaired) electrons. The Morgan fingerprint density at radius 2 is 1.83 bits per heavy atom. The van der Waals surface area contributed by atoms with Gasteiger partial charge in [-0.2, -0.15) is 0 Å². The second kappa shape index (κ2) is 11.9. The van der Waals surface area contributed by atoms with Crippen molar-refractivity contribution in [2.75, 3.05) is 53.0 Å². The molecule has 0 aliphatic heterocycles. The quantitative estimate of drug-likeness (QED) is 0.678. The first-order valence-electron chi connectivity index (χ1n) is 7.35. The van der Waals surface area contributed by atoms with Crippen LogP contribution in [0.4, 0.5) is 5.69 Å². The van der Waals surface area contributed by atoms with Crippen LogP contribution in [-0.4, -0.2) is 60.1 Å². The van der Waals surface area contributed by atoms with Gasteiger partial charge >= 0.3 is 0 Å². The molecular formula is C16H27ClN2O5. The minimum Gasteiger partial charge on any atom is -0.493 e. The molecule has 24 heavy (non-hydrogen) atoms. The molecule has 8 heteroatoms. The summed E-state index contributed by atoms with van der Waals surface area (Å²) in [5.41, 5.74) is 6.30. The zero-order chi connectivity index (χ0) is 17.2. The molecular weight excluding hydrogens is 336 g/mol. The summed E-state index contributed by atoms with van der Waals surface area (Å²) >= 11 is 0. The van der Waals surface area contributed by atoms with Crippen LogP contribution in [0.15, 0.2) is 18.2 Å². The highest BCUT2D eigenvalue weighted by molar-refractivity contribution is 5.94. The van der Waals surface area contributed by atoms with Gasteiger partial charge < -0.3 is 29.6 Å². The van der Waals surface area contributed by atoms with Crippen LogP contribution in [0.1, 0.15) is 6.42 Å². The summed E-state index contributed by atoms with van der Waals surface area (Å²) in [4.78, 5) is 14.2. The summed E-state index contributed by atoms with van der Waals surface area (Å²) in [5, 5.41) is 0. The second-order valence-corrected chi connectivity index (χ2v) is 4.87. The molecule has 2 N–H and O–H groups in total. The minimum atomic E-state index is -0.312. The van der Waals surface area contributed by atoms with Crippen LogP contribution in [0.25, 0.3) is 0 Å². The summed E-state index contributed by atoms with van der Waals surface area (Å²) in [7, 11) is 6.25. The van der Waals surface area contributed by atoms with Crippen molar-refractivity contribution < 1.29 is 23.7 Å². The van der Waals surface area contributed by atoms with Gasteiger partial charge in [-0.3, -0.25) is 4.79 Å². The highest BCUT2D eigenvalue weighted by atomic mass is 35.5. The number of benzene rings is 1. The van der Waals surface area contributed by atoms with Crippen molar-refractivity contribution in [1.29, 1.82) is 0 Å². The molecule has 1 rings (SSSR count). The zero-order valence-corrected chi connectivity index (χ0v) is 15.4. The van der Waals surface area contributed by atoms with E-state index < -0.39 is 0 Å². The fourth-order valence-electron chi connectivity index (χ4n) is 2.14. The molecule has 0 heterocycles. The van der Waals surface area contributed by atoms with Crippen LogP contribution in [0.3, 0.4) is 0 Å². The number of methoxy groups -OCH3 is 4. The largest absolute Gasteiger partial charge is 0.493 e. The molecule has 0 saturated heterocycles. The molecule has 138 valence electrons. The van der Waals surface area contributed by atoms with E-state index in [2.05, 4.69) is 0 Å². The average Bonchev–Trinajstić information content (AvgIpc) is 2.59. The van der Waals surface area contributed by atoms with Gasteiger partial charge in [0.2, 0.25) is 5.91 Å². The fourth-order valence-corrected chi connectivity index (χ4v) is 2.14. The van der Waals surface area contributed by atoms with Crippen molar-refractivity contribution in [3.05, 3.63) is 18.2 Å². The number of nitrogens with two attached hydrogens (primary N) is 1. The fraction of sp³-hybridized carbons (Fsp3) is 0.562. The summed E-state index contributed by atoms with van der Waals surface area (Å²) in [6.45, 7) is 1.12. The molecule has 0 fully saturated rings. The van der Waals surface area contributed by atoms with E-state index in [-0.39, 0.29) is 37.4 Å². The first-order valence-corrected chi connectivity index (χ1v) is 7.35. The number of carbonyl (C=O) groups excluding carboxylic acids is 1. The molecule has 1 aromatic carbocycles. The Bertz CT molecular complexity index is 497. The molecule has 0 aromatic heterocycles. The van der Waals surface area contributed by atoms with Crippen molar-refractivity contribution in [1.82, 2.24) is 0 Å². The second-order valence-electron chi connectivity index (χ2n) is 4.87. The van der Waals surface area contributed by atoms with Gasteiger partial charge in [-0.05, 0) is 12.1 Å². The number of nitrogens with zero attached hydrogens (tertiary/aromatic N) is 1. The maximum atomic E-state index is 12.6. The first kappa shape index (κ1) is 22.5. The molecule has 1 unspecified atom stereocenters. The van der Waals surface area contributed by atoms with Crippen molar-refractivity contribution >= 4 is 24.0 Å². The van der Waals surface area contributed by atoms with E-state index in [0.717, 1.165) is 0 Å². The number of carbonyl (C=O) groups is 1. The number of amides is 1. The van der Waals surface area contributed by atoms with E-state index >= 15 is 0 Å². The smallest absolute Gasteiger partial charge is 0.229 e. The predicted octanol–water partition coefficient (Wildman–Crippen LogP) is 1.47. The number of ether oxygens (including phenoxy) is 4. The Morgan fingerprint density at radius 1 is 1.17 bits per heavy atom. The van der Waals surface area contributed by atoms with Gasteiger partial charge in [-0.1, -0.05) is 0 Å². The normalized spacial score (nSPS) is 11.4. The highest BCUT2D eigenvalue weighted by Crippen LogP contribution is 2.31. The Morgan fingerprint density at radius 3 is 2.33 bits per heavy atom. The topological polar surface area (TPSA) is 83.3 Å². The minimum absolute atomic E-state index is 0. The van der Waals surface area contributed by atoms with Gasteiger partial charge in [0.25, 0.3) is 0 Å². The summed E-state index contributed by atoms with van der Waals surface area (Å²) in [5.74, 6) is 1.07. The SMILES string of the molecule is COCCN(C(=O)CC(CN)OC)c1ccc(OC)c(OC)c1.Cl. The van der Waals surface area contributed by atoms with Crippen molar-refractivity contribution in [3.8, 4) is 11.5 Å². The average molecular weight is 363 g/mol. The maximum Gasteiger partial charge on any atom is 0.229 e. The molecule has 1 amide bonds. The van der Waals surface area contributed by atoms with Gasteiger partial charge in [-0.25, -0.2) is 0 Å². The van der Waals surface area contributed by atoms with E-state index in [4.69, 9.17) is 24.7 Å². The van der Waals surface area contributed by atoms with Crippen molar-refractivity contribution in [2.45, 2.75) is 12.5 Å². The summed E-state index contributed by atoms with van der Waals surface area (Å²) < 4.78 is 20.8. The van der Waals surface area contributed by atoms with E-state index in [1.54, 1.807) is 51.5 Å². The molecule has 0 aliphatic carbocycles. The predicted molar refractivity (Wildman–Crippen MR) is 95.5 cm³/mol. The van der Waals surface area contributed by atoms with Crippen LogP contribution in [0, 0.1) is 0 Å². The molecule has 1 atom stereocenters. The molecule has 0 bridgehead atoms. The third kappa shape index (κ3) is 6.16. The highest BCUT2D eigenvalue weighted by Gasteiger charge is 2.21. The van der Waals surface area contributed by atoms with Crippen molar-refractivity contribution in [2.24, 2.45) is 5.73 Å². The lowest BCUT2D eigenvalue weighted by Gasteiger charge is -2.25. The van der Waals surface area contributed by atoms with Gasteiger partial charge in [-0.15, -0.1) is 12.4 Å². The molecule has 1 aromatic rings. The van der Waals surface area contributed by atoms with Gasteiger partial charge in [0.1, 0.15) is 0 Å². The van der Waals surface area contributed by atoms with E-state index in [1.807, 2.05) is 0 Å². The number of hydrogen-bond acceptors (Lipinski definition) is 6. The lowest BCUT2D eigenvalue weighted by atomic mass is 10.2. The zero-order valence-electron chi connectivity index (χ0n) is 14.6. The molecule has 0 aliphatic rings. The maximum absolute atomic E-state index is 12.6. The Labute approximate surface area is 149 Å². The van der Waals surface area contributed by atoms with Gasteiger partial charge in [0.15, 0.2) is 11.5 Å². The molecule has 0 saturated carbocycles. The van der Waals surface area contributed by atoms with Gasteiger partial charge in [0, 0.05) is 39.1 Å². The van der Waals surface area contributed by atoms with Crippen molar-refractivity contribution in [3.63, 3.8) is 0 Å². The number of anilines is 1. The Hall–Kier alpha value is -1.54. The number of hydrogen-bond donors (Lipinski definition) is 1. The van der Waals surface area contributed by atoms with E-state index in [9.17, 15) is 4.79 Å². The Balaban J connectivity index is 0.00000529. The number of rotatable bonds is 10. The third-order valence-corrected chi connectivity index (χ3v) is 3.50. The van der Waals surface area contributed by atoms with Gasteiger partial charge in [0.05, 0.1) is 33.4 Å². The lowest BCUT2D eigenvalue weighted by Crippen LogP contribution is -2.38. The van der Waals surface area contributed by atoms with Crippen LogP contribution < -0.4 is 20.1 Å². The van der Waals surface area contributed by atoms with Crippen LogP contribution >= 0.6 is 12.4 Å². The summed E-state index contributed by atoms with van der Waals surface area (Å²) in [6, 6.07) is 5.33.